The highest BCUT2D eigenvalue weighted by molar-refractivity contribution is 7.88. The molecule has 7 heteroatoms. The van der Waals surface area contributed by atoms with Crippen LogP contribution in [0.2, 0.25) is 0 Å². The van der Waals surface area contributed by atoms with Crippen LogP contribution in [0.3, 0.4) is 0 Å². The van der Waals surface area contributed by atoms with Crippen LogP contribution in [0.1, 0.15) is 32.0 Å². The first-order valence-corrected chi connectivity index (χ1v) is 8.73. The molecule has 1 saturated heterocycles. The molecule has 1 aromatic heterocycles. The number of H-pyrrole nitrogens is 1. The van der Waals surface area contributed by atoms with Gasteiger partial charge in [0.05, 0.1) is 12.5 Å². The van der Waals surface area contributed by atoms with Crippen molar-refractivity contribution in [3.63, 3.8) is 0 Å². The molecule has 0 saturated carbocycles. The van der Waals surface area contributed by atoms with Crippen molar-refractivity contribution >= 4 is 10.0 Å². The Balaban J connectivity index is 1.99. The summed E-state index contributed by atoms with van der Waals surface area (Å²) in [7, 11) is -3.05. The second kappa shape index (κ2) is 5.46. The molecule has 0 bridgehead atoms. The number of nitrogens with one attached hydrogen (secondary N) is 1. The molecule has 0 radical (unpaired) electrons. The molecular formula is C13H24N4O2S. The first-order chi connectivity index (χ1) is 9.18. The summed E-state index contributed by atoms with van der Waals surface area (Å²) in [6.07, 6.45) is 3.15. The molecule has 1 aromatic rings. The molecule has 6 nitrogen and oxygen atoms in total. The summed E-state index contributed by atoms with van der Waals surface area (Å²) in [6, 6.07) is 0. The van der Waals surface area contributed by atoms with Gasteiger partial charge in [0, 0.05) is 49.4 Å². The summed E-state index contributed by atoms with van der Waals surface area (Å²) in [5.41, 5.74) is 2.40. The van der Waals surface area contributed by atoms with Crippen molar-refractivity contribution in [2.45, 2.75) is 32.7 Å². The highest BCUT2D eigenvalue weighted by atomic mass is 32.2. The van der Waals surface area contributed by atoms with E-state index >= 15 is 0 Å². The maximum atomic E-state index is 11.5. The average Bonchev–Trinajstić information content (AvgIpc) is 2.76. The van der Waals surface area contributed by atoms with Gasteiger partial charge in [-0.05, 0) is 0 Å². The third-order valence-corrected chi connectivity index (χ3v) is 4.97. The summed E-state index contributed by atoms with van der Waals surface area (Å²) < 4.78 is 24.5. The fraction of sp³-hybridized carbons (Fsp3) is 0.769. The van der Waals surface area contributed by atoms with Crippen molar-refractivity contribution in [3.8, 4) is 0 Å². The second-order valence-corrected chi connectivity index (χ2v) is 8.44. The highest BCUT2D eigenvalue weighted by Gasteiger charge is 2.25. The number of piperazine rings is 1. The third kappa shape index (κ3) is 3.59. The van der Waals surface area contributed by atoms with Gasteiger partial charge in [-0.1, -0.05) is 20.8 Å². The Kier molecular flexibility index (Phi) is 4.22. The Bertz CT molecular complexity index is 551. The normalized spacial score (nSPS) is 19.4. The van der Waals surface area contributed by atoms with Gasteiger partial charge in [-0.3, -0.25) is 10.00 Å². The van der Waals surface area contributed by atoms with E-state index in [1.807, 2.05) is 6.20 Å². The monoisotopic (exact) mass is 300 g/mol. The Morgan fingerprint density at radius 1 is 1.25 bits per heavy atom. The highest BCUT2D eigenvalue weighted by Crippen LogP contribution is 2.24. The number of nitrogens with zero attached hydrogens (tertiary/aromatic N) is 3. The number of aromatic nitrogens is 2. The minimum atomic E-state index is -3.05. The Hall–Kier alpha value is -0.920. The average molecular weight is 300 g/mol. The maximum absolute atomic E-state index is 11.5. The van der Waals surface area contributed by atoms with E-state index in [9.17, 15) is 8.42 Å². The van der Waals surface area contributed by atoms with Crippen LogP contribution >= 0.6 is 0 Å². The first kappa shape index (κ1) is 15.5. The molecule has 20 heavy (non-hydrogen) atoms. The van der Waals surface area contributed by atoms with Crippen LogP contribution in [0.4, 0.5) is 0 Å². The van der Waals surface area contributed by atoms with Gasteiger partial charge in [0.25, 0.3) is 0 Å². The van der Waals surface area contributed by atoms with Crippen molar-refractivity contribution < 1.29 is 8.42 Å². The molecule has 0 amide bonds. The van der Waals surface area contributed by atoms with Crippen molar-refractivity contribution in [1.82, 2.24) is 19.4 Å². The van der Waals surface area contributed by atoms with E-state index in [1.165, 1.54) is 11.8 Å². The molecule has 114 valence electrons. The Labute approximate surface area is 121 Å². The molecule has 0 spiro atoms. The molecule has 1 N–H and O–H groups in total. The minimum Gasteiger partial charge on any atom is -0.296 e. The van der Waals surface area contributed by atoms with Gasteiger partial charge in [-0.25, -0.2) is 8.42 Å². The lowest BCUT2D eigenvalue weighted by atomic mass is 9.89. The van der Waals surface area contributed by atoms with Crippen LogP contribution in [-0.4, -0.2) is 60.3 Å². The molecular weight excluding hydrogens is 276 g/mol. The van der Waals surface area contributed by atoms with Crippen LogP contribution in [0.5, 0.6) is 0 Å². The molecule has 0 unspecified atom stereocenters. The van der Waals surface area contributed by atoms with Gasteiger partial charge in [-0.15, -0.1) is 0 Å². The van der Waals surface area contributed by atoms with Crippen molar-refractivity contribution in [2.24, 2.45) is 0 Å². The number of hydrogen-bond acceptors (Lipinski definition) is 4. The Morgan fingerprint density at radius 2 is 1.85 bits per heavy atom. The molecule has 0 aromatic carbocycles. The van der Waals surface area contributed by atoms with Crippen molar-refractivity contribution in [2.75, 3.05) is 32.4 Å². The SMILES string of the molecule is CC(C)(C)c1[nH]ncc1CN1CCN(S(C)(=O)=O)CC1. The fourth-order valence-electron chi connectivity index (χ4n) is 2.54. The molecule has 0 atom stereocenters. The Morgan fingerprint density at radius 3 is 2.35 bits per heavy atom. The molecule has 1 aliphatic rings. The molecule has 0 aliphatic carbocycles. The lowest BCUT2D eigenvalue weighted by molar-refractivity contribution is 0.181. The standard InChI is InChI=1S/C13H24N4O2S/c1-13(2,3)12-11(9-14-15-12)10-16-5-7-17(8-6-16)20(4,18)19/h9H,5-8,10H2,1-4H3,(H,14,15). The lowest BCUT2D eigenvalue weighted by Gasteiger charge is -2.33. The fourth-order valence-corrected chi connectivity index (χ4v) is 3.37. The summed E-state index contributed by atoms with van der Waals surface area (Å²) in [4.78, 5) is 2.28. The third-order valence-electron chi connectivity index (χ3n) is 3.66. The zero-order valence-corrected chi connectivity index (χ0v) is 13.5. The van der Waals surface area contributed by atoms with E-state index in [0.29, 0.717) is 13.1 Å². The van der Waals surface area contributed by atoms with E-state index in [0.717, 1.165) is 25.3 Å². The van der Waals surface area contributed by atoms with Crippen molar-refractivity contribution in [1.29, 1.82) is 0 Å². The predicted molar refractivity (Wildman–Crippen MR) is 79.0 cm³/mol. The van der Waals surface area contributed by atoms with Gasteiger partial charge >= 0.3 is 0 Å². The zero-order valence-electron chi connectivity index (χ0n) is 12.7. The number of hydrogen-bond donors (Lipinski definition) is 1. The predicted octanol–water partition coefficient (Wildman–Crippen LogP) is 0.784. The largest absolute Gasteiger partial charge is 0.296 e. The summed E-state index contributed by atoms with van der Waals surface area (Å²) in [5.74, 6) is 0. The van der Waals surface area contributed by atoms with Crippen LogP contribution in [0, 0.1) is 0 Å². The molecule has 1 aliphatic heterocycles. The van der Waals surface area contributed by atoms with Gasteiger partial charge in [0.1, 0.15) is 0 Å². The summed E-state index contributed by atoms with van der Waals surface area (Å²) in [5, 5.41) is 7.24. The van der Waals surface area contributed by atoms with Gasteiger partial charge in [-0.2, -0.15) is 9.40 Å². The van der Waals surface area contributed by atoms with Crippen LogP contribution in [0.15, 0.2) is 6.20 Å². The van der Waals surface area contributed by atoms with E-state index in [2.05, 4.69) is 35.9 Å². The number of aromatic amines is 1. The lowest BCUT2D eigenvalue weighted by Crippen LogP contribution is -2.47. The zero-order chi connectivity index (χ0) is 15.0. The molecule has 2 heterocycles. The van der Waals surface area contributed by atoms with Crippen molar-refractivity contribution in [3.05, 3.63) is 17.5 Å². The smallest absolute Gasteiger partial charge is 0.211 e. The minimum absolute atomic E-state index is 0.0421. The van der Waals surface area contributed by atoms with Gasteiger partial charge in [0.2, 0.25) is 10.0 Å². The van der Waals surface area contributed by atoms with Gasteiger partial charge in [0.15, 0.2) is 0 Å². The number of rotatable bonds is 3. The van der Waals surface area contributed by atoms with Crippen LogP contribution in [0.25, 0.3) is 0 Å². The van der Waals surface area contributed by atoms with E-state index < -0.39 is 10.0 Å². The van der Waals surface area contributed by atoms with E-state index in [4.69, 9.17) is 0 Å². The topological polar surface area (TPSA) is 69.3 Å². The first-order valence-electron chi connectivity index (χ1n) is 6.88. The number of sulfonamides is 1. The molecule has 1 fully saturated rings. The molecule has 2 rings (SSSR count). The quantitative estimate of drug-likeness (QED) is 0.896. The van der Waals surface area contributed by atoms with Crippen LogP contribution < -0.4 is 0 Å². The van der Waals surface area contributed by atoms with Gasteiger partial charge < -0.3 is 0 Å². The summed E-state index contributed by atoms with van der Waals surface area (Å²) >= 11 is 0. The van der Waals surface area contributed by atoms with E-state index in [-0.39, 0.29) is 5.41 Å². The maximum Gasteiger partial charge on any atom is 0.211 e. The summed E-state index contributed by atoms with van der Waals surface area (Å²) in [6.45, 7) is 9.97. The van der Waals surface area contributed by atoms with Crippen LogP contribution in [-0.2, 0) is 22.0 Å². The second-order valence-electron chi connectivity index (χ2n) is 6.46. The van der Waals surface area contributed by atoms with E-state index in [1.54, 1.807) is 4.31 Å².